The second-order valence-electron chi connectivity index (χ2n) is 2.33. The molecule has 0 fully saturated rings. The van der Waals surface area contributed by atoms with Crippen LogP contribution in [0.5, 0.6) is 0 Å². The Hall–Kier alpha value is -0.740. The van der Waals surface area contributed by atoms with Crippen LogP contribution in [0.1, 0.15) is 13.3 Å². The Morgan fingerprint density at radius 1 is 1.50 bits per heavy atom. The van der Waals surface area contributed by atoms with Gasteiger partial charge in [-0.2, -0.15) is 0 Å². The van der Waals surface area contributed by atoms with E-state index < -0.39 is 0 Å². The van der Waals surface area contributed by atoms with E-state index in [2.05, 4.69) is 10.2 Å². The highest BCUT2D eigenvalue weighted by Gasteiger charge is 2.20. The predicted octanol–water partition coefficient (Wildman–Crippen LogP) is -1.37. The van der Waals surface area contributed by atoms with Gasteiger partial charge in [0, 0.05) is 6.92 Å². The van der Waals surface area contributed by atoms with Gasteiger partial charge in [0.05, 0.1) is 20.1 Å². The van der Waals surface area contributed by atoms with Crippen molar-refractivity contribution in [2.45, 2.75) is 13.3 Å². The summed E-state index contributed by atoms with van der Waals surface area (Å²) < 4.78 is 0. The van der Waals surface area contributed by atoms with Gasteiger partial charge >= 0.3 is 0 Å². The Bertz CT molecular complexity index is 185. The van der Waals surface area contributed by atoms with E-state index in [4.69, 9.17) is 5.11 Å². The summed E-state index contributed by atoms with van der Waals surface area (Å²) in [6, 6.07) is 0. The Kier molecular flexibility index (Phi) is 2.13. The van der Waals surface area contributed by atoms with Crippen molar-refractivity contribution in [1.82, 2.24) is 0 Å². The average Bonchev–Trinajstić information content (AvgIpc) is 2.20. The summed E-state index contributed by atoms with van der Waals surface area (Å²) in [6.07, 6.45) is 0.618. The lowest BCUT2D eigenvalue weighted by molar-refractivity contribution is -0.674. The van der Waals surface area contributed by atoms with Gasteiger partial charge in [0.1, 0.15) is 0 Å². The summed E-state index contributed by atoms with van der Waals surface area (Å²) in [5.74, 6) is 1.88. The van der Waals surface area contributed by atoms with Gasteiger partial charge in [0.25, 0.3) is 0 Å². The first-order valence-corrected chi connectivity index (χ1v) is 3.32. The lowest BCUT2D eigenvalue weighted by Gasteiger charge is -2.04. The number of aliphatic hydroxyl groups excluding tert-OH is 1. The van der Waals surface area contributed by atoms with E-state index in [0.717, 1.165) is 16.6 Å². The molecule has 0 saturated carbocycles. The summed E-state index contributed by atoms with van der Waals surface area (Å²) in [5, 5.41) is 16.4. The van der Waals surface area contributed by atoms with E-state index in [1.165, 1.54) is 0 Å². The molecular formula is C6H12N3O+. The molecule has 0 aliphatic carbocycles. The van der Waals surface area contributed by atoms with Gasteiger partial charge in [0.2, 0.25) is 11.7 Å². The largest absolute Gasteiger partial charge is 0.396 e. The van der Waals surface area contributed by atoms with Crippen LogP contribution in [0.15, 0.2) is 10.2 Å². The smallest absolute Gasteiger partial charge is 0.229 e. The fourth-order valence-corrected chi connectivity index (χ4v) is 0.838. The van der Waals surface area contributed by atoms with Crippen molar-refractivity contribution in [1.29, 1.82) is 0 Å². The molecule has 1 heterocycles. The lowest BCUT2D eigenvalue weighted by atomic mass is 10.4. The number of rotatable bonds is 2. The molecule has 0 bridgehead atoms. The van der Waals surface area contributed by atoms with E-state index in [1.54, 1.807) is 0 Å². The van der Waals surface area contributed by atoms with E-state index >= 15 is 0 Å². The Balaban J connectivity index is 2.53. The van der Waals surface area contributed by atoms with Gasteiger partial charge in [-0.05, 0) is 0 Å². The fourth-order valence-electron chi connectivity index (χ4n) is 0.838. The van der Waals surface area contributed by atoms with E-state index in [1.807, 2.05) is 14.0 Å². The van der Waals surface area contributed by atoms with Crippen molar-refractivity contribution >= 4 is 11.7 Å². The van der Waals surface area contributed by atoms with Crippen LogP contribution in [0.4, 0.5) is 0 Å². The van der Waals surface area contributed by atoms with Crippen LogP contribution in [-0.2, 0) is 0 Å². The van der Waals surface area contributed by atoms with Crippen LogP contribution in [0, 0.1) is 0 Å². The van der Waals surface area contributed by atoms with Crippen molar-refractivity contribution in [3.63, 3.8) is 0 Å². The Morgan fingerprint density at radius 3 is 2.60 bits per heavy atom. The number of hydrogen-bond acceptors (Lipinski definition) is 3. The molecule has 2 N–H and O–H groups in total. The number of amidine groups is 2. The highest BCUT2D eigenvalue weighted by Crippen LogP contribution is 1.86. The topological polar surface area (TPSA) is 49.4 Å². The highest BCUT2D eigenvalue weighted by atomic mass is 16.3. The van der Waals surface area contributed by atoms with E-state index in [0.29, 0.717) is 6.42 Å². The average molecular weight is 142 g/mol. The zero-order valence-corrected chi connectivity index (χ0v) is 6.26. The molecule has 4 heteroatoms. The van der Waals surface area contributed by atoms with Crippen molar-refractivity contribution in [3.05, 3.63) is 0 Å². The molecule has 0 radical (unpaired) electrons. The van der Waals surface area contributed by atoms with Crippen LogP contribution in [0.25, 0.3) is 0 Å². The molecule has 1 rings (SSSR count). The molecule has 1 aliphatic heterocycles. The van der Waals surface area contributed by atoms with E-state index in [9.17, 15) is 0 Å². The zero-order chi connectivity index (χ0) is 7.56. The van der Waals surface area contributed by atoms with Gasteiger partial charge in [-0.1, -0.05) is 10.2 Å². The third-order valence-corrected chi connectivity index (χ3v) is 1.64. The molecule has 1 atom stereocenters. The van der Waals surface area contributed by atoms with Gasteiger partial charge in [-0.25, -0.2) is 4.90 Å². The van der Waals surface area contributed by atoms with Crippen molar-refractivity contribution in [3.8, 4) is 0 Å². The maximum absolute atomic E-state index is 8.59. The normalized spacial score (nSPS) is 24.5. The summed E-state index contributed by atoms with van der Waals surface area (Å²) in [7, 11) is 1.97. The van der Waals surface area contributed by atoms with Gasteiger partial charge in [-0.15, -0.1) is 0 Å². The first-order valence-electron chi connectivity index (χ1n) is 3.32. The first-order chi connectivity index (χ1) is 4.75. The molecule has 1 aliphatic rings. The second kappa shape index (κ2) is 2.90. The molecule has 0 aromatic rings. The van der Waals surface area contributed by atoms with Crippen LogP contribution in [-0.4, -0.2) is 30.4 Å². The number of nitrogens with zero attached hydrogens (tertiary/aromatic N) is 2. The molecule has 0 spiro atoms. The lowest BCUT2D eigenvalue weighted by Crippen LogP contribution is -3.12. The molecular weight excluding hydrogens is 130 g/mol. The Labute approximate surface area is 59.9 Å². The third kappa shape index (κ3) is 1.22. The number of aliphatic hydroxyl groups is 1. The van der Waals surface area contributed by atoms with Crippen LogP contribution >= 0.6 is 0 Å². The summed E-state index contributed by atoms with van der Waals surface area (Å²) in [6.45, 7) is 2.07. The molecule has 56 valence electrons. The summed E-state index contributed by atoms with van der Waals surface area (Å²) in [5.41, 5.74) is 0. The van der Waals surface area contributed by atoms with Crippen molar-refractivity contribution < 1.29 is 10.0 Å². The van der Waals surface area contributed by atoms with Crippen molar-refractivity contribution in [2.75, 3.05) is 13.7 Å². The number of hydrogen-bond donors (Lipinski definition) is 2. The fraction of sp³-hybridized carbons (Fsp3) is 0.667. The van der Waals surface area contributed by atoms with Gasteiger partial charge in [-0.3, -0.25) is 0 Å². The summed E-state index contributed by atoms with van der Waals surface area (Å²) in [4.78, 5) is 1.11. The van der Waals surface area contributed by atoms with Crippen LogP contribution in [0.3, 0.4) is 0 Å². The van der Waals surface area contributed by atoms with Crippen LogP contribution in [0.2, 0.25) is 0 Å². The number of nitrogens with one attached hydrogen (secondary N) is 1. The maximum atomic E-state index is 8.59. The molecule has 10 heavy (non-hydrogen) atoms. The standard InChI is InChI=1S/C6H11N3O/c1-5-7-8-6(3-4-10)9(5)2/h10H,3-4H2,1-2H3/p+1. The number of quaternary nitrogens is 1. The SMILES string of the molecule is CC1=NN=C(CCO)[NH+]1C. The third-order valence-electron chi connectivity index (χ3n) is 1.64. The zero-order valence-electron chi connectivity index (χ0n) is 6.26. The molecule has 0 saturated heterocycles. The summed E-state index contributed by atoms with van der Waals surface area (Å²) >= 11 is 0. The minimum atomic E-state index is 0.152. The molecule has 0 aromatic carbocycles. The van der Waals surface area contributed by atoms with Crippen LogP contribution < -0.4 is 4.90 Å². The van der Waals surface area contributed by atoms with Gasteiger partial charge in [0.15, 0.2) is 0 Å². The predicted molar refractivity (Wildman–Crippen MR) is 39.1 cm³/mol. The maximum Gasteiger partial charge on any atom is 0.229 e. The van der Waals surface area contributed by atoms with Gasteiger partial charge < -0.3 is 5.11 Å². The highest BCUT2D eigenvalue weighted by molar-refractivity contribution is 5.89. The minimum absolute atomic E-state index is 0.152. The Morgan fingerprint density at radius 2 is 2.20 bits per heavy atom. The second-order valence-corrected chi connectivity index (χ2v) is 2.33. The van der Waals surface area contributed by atoms with E-state index in [-0.39, 0.29) is 6.61 Å². The quantitative estimate of drug-likeness (QED) is 0.491. The molecule has 1 unspecified atom stereocenters. The van der Waals surface area contributed by atoms with Crippen molar-refractivity contribution in [2.24, 2.45) is 10.2 Å². The molecule has 0 amide bonds. The first kappa shape index (κ1) is 7.37. The monoisotopic (exact) mass is 142 g/mol. The minimum Gasteiger partial charge on any atom is -0.396 e. The molecule has 0 aromatic heterocycles. The molecule has 4 nitrogen and oxygen atoms in total.